The zero-order valence-corrected chi connectivity index (χ0v) is 11.1. The zero-order chi connectivity index (χ0) is 13.0. The van der Waals surface area contributed by atoms with Crippen molar-refractivity contribution in [1.82, 2.24) is 4.90 Å². The van der Waals surface area contributed by atoms with Gasteiger partial charge in [-0.3, -0.25) is 4.90 Å². The Kier molecular flexibility index (Phi) is 4.44. The molecule has 100 valence electrons. The Bertz CT molecular complexity index is 395. The molecule has 0 amide bonds. The Morgan fingerprint density at radius 3 is 2.83 bits per heavy atom. The van der Waals surface area contributed by atoms with Gasteiger partial charge in [0.05, 0.1) is 20.3 Å². The summed E-state index contributed by atoms with van der Waals surface area (Å²) in [6.45, 7) is 2.55. The number of β-amino-alcohol motifs (C(OH)–C–C–N with tert-alkyl or cyclic N) is 1. The van der Waals surface area contributed by atoms with Crippen molar-refractivity contribution in [1.29, 1.82) is 0 Å². The third-order valence-electron chi connectivity index (χ3n) is 3.36. The van der Waals surface area contributed by atoms with Crippen LogP contribution in [0.4, 0.5) is 0 Å². The van der Waals surface area contributed by atoms with Crippen LogP contribution in [0.2, 0.25) is 0 Å². The fraction of sp³-hybridized carbons (Fsp3) is 0.571. The fourth-order valence-corrected chi connectivity index (χ4v) is 2.42. The predicted octanol–water partition coefficient (Wildman–Crippen LogP) is 1.66. The van der Waals surface area contributed by atoms with Crippen LogP contribution in [-0.2, 0) is 6.54 Å². The van der Waals surface area contributed by atoms with Gasteiger partial charge >= 0.3 is 0 Å². The number of piperidine rings is 1. The smallest absolute Gasteiger partial charge is 0.123 e. The fourth-order valence-electron chi connectivity index (χ4n) is 2.42. The summed E-state index contributed by atoms with van der Waals surface area (Å²) >= 11 is 0. The number of benzene rings is 1. The summed E-state index contributed by atoms with van der Waals surface area (Å²) in [5.74, 6) is 1.71. The number of hydrogen-bond acceptors (Lipinski definition) is 4. The summed E-state index contributed by atoms with van der Waals surface area (Å²) in [5.41, 5.74) is 1.10. The van der Waals surface area contributed by atoms with Gasteiger partial charge in [-0.1, -0.05) is 0 Å². The Balaban J connectivity index is 2.11. The summed E-state index contributed by atoms with van der Waals surface area (Å²) in [6.07, 6.45) is 1.76. The van der Waals surface area contributed by atoms with Crippen LogP contribution in [0, 0.1) is 0 Å². The number of nitrogens with zero attached hydrogens (tertiary/aromatic N) is 1. The van der Waals surface area contributed by atoms with E-state index < -0.39 is 0 Å². The first-order valence-corrected chi connectivity index (χ1v) is 6.34. The molecule has 4 heteroatoms. The van der Waals surface area contributed by atoms with Crippen LogP contribution in [0.5, 0.6) is 11.5 Å². The summed E-state index contributed by atoms with van der Waals surface area (Å²) in [5, 5.41) is 9.69. The van der Waals surface area contributed by atoms with E-state index in [1.165, 1.54) is 0 Å². The first kappa shape index (κ1) is 13.2. The van der Waals surface area contributed by atoms with Crippen LogP contribution < -0.4 is 9.47 Å². The molecule has 2 rings (SSSR count). The standard InChI is InChI=1S/C14H21NO3/c1-17-13-5-6-14(18-2)11(8-13)9-15-7-3-4-12(16)10-15/h5-6,8,12,16H,3-4,7,9-10H2,1-2H3/t12-/m1/s1. The van der Waals surface area contributed by atoms with E-state index in [0.29, 0.717) is 0 Å². The molecule has 1 aliphatic rings. The minimum atomic E-state index is -0.199. The van der Waals surface area contributed by atoms with Gasteiger partial charge in [0.15, 0.2) is 0 Å². The van der Waals surface area contributed by atoms with Crippen LogP contribution in [0.3, 0.4) is 0 Å². The van der Waals surface area contributed by atoms with Gasteiger partial charge in [-0.25, -0.2) is 0 Å². The van der Waals surface area contributed by atoms with Crippen molar-refractivity contribution in [2.75, 3.05) is 27.3 Å². The van der Waals surface area contributed by atoms with Crippen molar-refractivity contribution >= 4 is 0 Å². The molecule has 0 aliphatic carbocycles. The summed E-state index contributed by atoms with van der Waals surface area (Å²) < 4.78 is 10.6. The summed E-state index contributed by atoms with van der Waals surface area (Å²) in [6, 6.07) is 5.82. The Morgan fingerprint density at radius 1 is 1.33 bits per heavy atom. The molecule has 1 aromatic rings. The van der Waals surface area contributed by atoms with Gasteiger partial charge in [-0.15, -0.1) is 0 Å². The molecule has 4 nitrogen and oxygen atoms in total. The van der Waals surface area contributed by atoms with Crippen LogP contribution in [0.15, 0.2) is 18.2 Å². The summed E-state index contributed by atoms with van der Waals surface area (Å²) in [4.78, 5) is 2.26. The largest absolute Gasteiger partial charge is 0.497 e. The maximum atomic E-state index is 9.69. The van der Waals surface area contributed by atoms with E-state index in [0.717, 1.165) is 49.5 Å². The molecule has 1 N–H and O–H groups in total. The van der Waals surface area contributed by atoms with E-state index in [4.69, 9.17) is 9.47 Å². The second kappa shape index (κ2) is 6.07. The second-order valence-corrected chi connectivity index (χ2v) is 4.71. The van der Waals surface area contributed by atoms with Crippen molar-refractivity contribution in [2.24, 2.45) is 0 Å². The SMILES string of the molecule is COc1ccc(OC)c(CN2CCC[C@@H](O)C2)c1. The number of hydrogen-bond donors (Lipinski definition) is 1. The highest BCUT2D eigenvalue weighted by molar-refractivity contribution is 5.40. The third kappa shape index (κ3) is 3.15. The lowest BCUT2D eigenvalue weighted by Crippen LogP contribution is -2.37. The Labute approximate surface area is 108 Å². The van der Waals surface area contributed by atoms with Crippen LogP contribution >= 0.6 is 0 Å². The minimum Gasteiger partial charge on any atom is -0.497 e. The van der Waals surface area contributed by atoms with Gasteiger partial charge in [0.1, 0.15) is 11.5 Å². The van der Waals surface area contributed by atoms with Crippen molar-refractivity contribution < 1.29 is 14.6 Å². The van der Waals surface area contributed by atoms with Crippen LogP contribution in [0.1, 0.15) is 18.4 Å². The van der Waals surface area contributed by atoms with E-state index >= 15 is 0 Å². The molecule has 18 heavy (non-hydrogen) atoms. The highest BCUT2D eigenvalue weighted by Crippen LogP contribution is 2.26. The maximum absolute atomic E-state index is 9.69. The first-order valence-electron chi connectivity index (χ1n) is 6.34. The lowest BCUT2D eigenvalue weighted by atomic mass is 10.1. The van der Waals surface area contributed by atoms with Crippen LogP contribution in [0.25, 0.3) is 0 Å². The monoisotopic (exact) mass is 251 g/mol. The molecule has 1 fully saturated rings. The van der Waals surface area contributed by atoms with Crippen molar-refractivity contribution in [3.05, 3.63) is 23.8 Å². The molecule has 1 aromatic carbocycles. The molecule has 0 spiro atoms. The van der Waals surface area contributed by atoms with E-state index in [1.807, 2.05) is 18.2 Å². The molecule has 0 saturated carbocycles. The molecule has 0 unspecified atom stereocenters. The quantitative estimate of drug-likeness (QED) is 0.883. The molecule has 1 heterocycles. The number of aliphatic hydroxyl groups excluding tert-OH is 1. The van der Waals surface area contributed by atoms with Gasteiger partial charge in [-0.05, 0) is 37.6 Å². The van der Waals surface area contributed by atoms with Crippen LogP contribution in [-0.4, -0.2) is 43.4 Å². The molecular weight excluding hydrogens is 230 g/mol. The molecule has 1 saturated heterocycles. The van der Waals surface area contributed by atoms with Crippen molar-refractivity contribution in [3.63, 3.8) is 0 Å². The van der Waals surface area contributed by atoms with E-state index in [9.17, 15) is 5.11 Å². The van der Waals surface area contributed by atoms with E-state index in [-0.39, 0.29) is 6.10 Å². The van der Waals surface area contributed by atoms with Crippen molar-refractivity contribution in [2.45, 2.75) is 25.5 Å². The maximum Gasteiger partial charge on any atom is 0.123 e. The number of likely N-dealkylation sites (tertiary alicyclic amines) is 1. The minimum absolute atomic E-state index is 0.199. The average Bonchev–Trinajstić information content (AvgIpc) is 2.38. The average molecular weight is 251 g/mol. The number of methoxy groups -OCH3 is 2. The lowest BCUT2D eigenvalue weighted by molar-refractivity contribution is 0.0664. The molecule has 0 bridgehead atoms. The highest BCUT2D eigenvalue weighted by Gasteiger charge is 2.19. The number of aliphatic hydroxyl groups is 1. The normalized spacial score (nSPS) is 20.7. The topological polar surface area (TPSA) is 41.9 Å². The van der Waals surface area contributed by atoms with Gasteiger partial charge in [0, 0.05) is 18.7 Å². The summed E-state index contributed by atoms with van der Waals surface area (Å²) in [7, 11) is 3.34. The van der Waals surface area contributed by atoms with Gasteiger partial charge in [0.2, 0.25) is 0 Å². The predicted molar refractivity (Wildman–Crippen MR) is 70.1 cm³/mol. The molecular formula is C14H21NO3. The Morgan fingerprint density at radius 2 is 2.17 bits per heavy atom. The van der Waals surface area contributed by atoms with Gasteiger partial charge in [0.25, 0.3) is 0 Å². The highest BCUT2D eigenvalue weighted by atomic mass is 16.5. The van der Waals surface area contributed by atoms with Gasteiger partial charge < -0.3 is 14.6 Å². The first-order chi connectivity index (χ1) is 8.72. The Hall–Kier alpha value is -1.26. The molecule has 1 atom stereocenters. The second-order valence-electron chi connectivity index (χ2n) is 4.71. The van der Waals surface area contributed by atoms with Gasteiger partial charge in [-0.2, -0.15) is 0 Å². The van der Waals surface area contributed by atoms with Crippen molar-refractivity contribution in [3.8, 4) is 11.5 Å². The lowest BCUT2D eigenvalue weighted by Gasteiger charge is -2.30. The molecule has 0 radical (unpaired) electrons. The molecule has 1 aliphatic heterocycles. The van der Waals surface area contributed by atoms with E-state index in [2.05, 4.69) is 4.90 Å². The number of rotatable bonds is 4. The third-order valence-corrected chi connectivity index (χ3v) is 3.36. The van der Waals surface area contributed by atoms with E-state index in [1.54, 1.807) is 14.2 Å². The number of ether oxygens (including phenoxy) is 2. The molecule has 0 aromatic heterocycles. The zero-order valence-electron chi connectivity index (χ0n) is 11.1.